The highest BCUT2D eigenvalue weighted by Gasteiger charge is 2.04. The van der Waals surface area contributed by atoms with Crippen LogP contribution in [-0.4, -0.2) is 16.1 Å². The van der Waals surface area contributed by atoms with E-state index in [1.807, 2.05) is 29.5 Å². The number of hydrogen-bond acceptors (Lipinski definition) is 4. The molecule has 0 saturated carbocycles. The maximum absolute atomic E-state index is 11.9. The van der Waals surface area contributed by atoms with Gasteiger partial charge in [-0.3, -0.25) is 9.36 Å². The first-order valence-electron chi connectivity index (χ1n) is 5.73. The van der Waals surface area contributed by atoms with Crippen molar-refractivity contribution in [3.05, 3.63) is 46.7 Å². The van der Waals surface area contributed by atoms with E-state index in [1.54, 1.807) is 22.1 Å². The maximum atomic E-state index is 11.9. The molecule has 0 amide bonds. The molecule has 2 heterocycles. The summed E-state index contributed by atoms with van der Waals surface area (Å²) in [6.07, 6.45) is 1.62. The zero-order valence-corrected chi connectivity index (χ0v) is 14.9. The van der Waals surface area contributed by atoms with Crippen LogP contribution in [0.5, 0.6) is 0 Å². The highest BCUT2D eigenvalue weighted by Crippen LogP contribution is 2.19. The Bertz CT molecular complexity index is 626. The van der Waals surface area contributed by atoms with Crippen LogP contribution in [0.15, 0.2) is 26.9 Å². The van der Waals surface area contributed by atoms with E-state index in [0.717, 1.165) is 23.4 Å². The molecule has 0 radical (unpaired) electrons. The predicted molar refractivity (Wildman–Crippen MR) is 89.7 cm³/mol. The molecule has 7 heteroatoms. The lowest BCUT2D eigenvalue weighted by molar-refractivity contribution is 0.565. The van der Waals surface area contributed by atoms with Crippen LogP contribution in [0.2, 0.25) is 0 Å². The molecule has 0 spiro atoms. The predicted octanol–water partition coefficient (Wildman–Crippen LogP) is 2.77. The lowest BCUT2D eigenvalue weighted by Crippen LogP contribution is -2.30. The standard InChI is InChI=1S/C12H13BrIN3OS/c1-8-16-6-11(14)12(18)17(8)3-2-15-5-10-4-9(13)7-19-10/h4,6-7,15H,2-3,5H2,1H3. The van der Waals surface area contributed by atoms with E-state index in [0.29, 0.717) is 10.1 Å². The van der Waals surface area contributed by atoms with Gasteiger partial charge in [-0.25, -0.2) is 4.98 Å². The summed E-state index contributed by atoms with van der Waals surface area (Å²) in [5.41, 5.74) is 0.0359. The second-order valence-corrected chi connectivity index (χ2v) is 7.09. The van der Waals surface area contributed by atoms with Crippen molar-refractivity contribution in [1.82, 2.24) is 14.9 Å². The molecule has 1 N–H and O–H groups in total. The van der Waals surface area contributed by atoms with Gasteiger partial charge in [-0.05, 0) is 51.5 Å². The SMILES string of the molecule is Cc1ncc(I)c(=O)n1CCNCc1cc(Br)cs1. The third-order valence-corrected chi connectivity index (χ3v) is 5.08. The van der Waals surface area contributed by atoms with Crippen molar-refractivity contribution in [2.75, 3.05) is 6.54 Å². The molecule has 0 bridgehead atoms. The minimum Gasteiger partial charge on any atom is -0.310 e. The summed E-state index contributed by atoms with van der Waals surface area (Å²) in [7, 11) is 0. The quantitative estimate of drug-likeness (QED) is 0.559. The lowest BCUT2D eigenvalue weighted by atomic mass is 10.4. The van der Waals surface area contributed by atoms with E-state index in [4.69, 9.17) is 0 Å². The van der Waals surface area contributed by atoms with Crippen LogP contribution in [0, 0.1) is 10.5 Å². The molecule has 0 aliphatic rings. The number of thiophene rings is 1. The van der Waals surface area contributed by atoms with E-state index in [-0.39, 0.29) is 5.56 Å². The number of aryl methyl sites for hydroxylation is 1. The molecule has 0 fully saturated rings. The van der Waals surface area contributed by atoms with Crippen molar-refractivity contribution in [2.45, 2.75) is 20.0 Å². The van der Waals surface area contributed by atoms with E-state index >= 15 is 0 Å². The first-order valence-corrected chi connectivity index (χ1v) is 8.48. The van der Waals surface area contributed by atoms with Gasteiger partial charge in [0.15, 0.2) is 0 Å². The molecule has 4 nitrogen and oxygen atoms in total. The average Bonchev–Trinajstić information content (AvgIpc) is 2.79. The molecule has 2 aromatic rings. The van der Waals surface area contributed by atoms with Crippen molar-refractivity contribution in [2.24, 2.45) is 0 Å². The topological polar surface area (TPSA) is 46.9 Å². The van der Waals surface area contributed by atoms with Crippen LogP contribution >= 0.6 is 49.9 Å². The Hall–Kier alpha value is -0.250. The first-order chi connectivity index (χ1) is 9.08. The molecule has 2 aromatic heterocycles. The number of nitrogens with one attached hydrogen (secondary N) is 1. The van der Waals surface area contributed by atoms with Crippen molar-refractivity contribution < 1.29 is 0 Å². The molecule has 0 unspecified atom stereocenters. The molecule has 19 heavy (non-hydrogen) atoms. The highest BCUT2D eigenvalue weighted by atomic mass is 127. The van der Waals surface area contributed by atoms with Gasteiger partial charge in [0.05, 0.1) is 3.57 Å². The van der Waals surface area contributed by atoms with E-state index in [2.05, 4.69) is 37.7 Å². The lowest BCUT2D eigenvalue weighted by Gasteiger charge is -2.09. The third-order valence-electron chi connectivity index (χ3n) is 2.64. The van der Waals surface area contributed by atoms with E-state index in [9.17, 15) is 4.79 Å². The van der Waals surface area contributed by atoms with Gasteiger partial charge in [-0.1, -0.05) is 0 Å². The minimum absolute atomic E-state index is 0.0359. The monoisotopic (exact) mass is 453 g/mol. The highest BCUT2D eigenvalue weighted by molar-refractivity contribution is 14.1. The van der Waals surface area contributed by atoms with Gasteiger partial charge >= 0.3 is 0 Å². The molecular formula is C12H13BrIN3OS. The van der Waals surface area contributed by atoms with Crippen LogP contribution in [0.25, 0.3) is 0 Å². The molecule has 0 saturated heterocycles. The fraction of sp³-hybridized carbons (Fsp3) is 0.333. The number of halogens is 2. The van der Waals surface area contributed by atoms with Gasteiger partial charge in [0.1, 0.15) is 5.82 Å². The van der Waals surface area contributed by atoms with E-state index < -0.39 is 0 Å². The van der Waals surface area contributed by atoms with Crippen LogP contribution < -0.4 is 10.9 Å². The third kappa shape index (κ3) is 4.11. The fourth-order valence-electron chi connectivity index (χ4n) is 1.66. The number of hydrogen-bond donors (Lipinski definition) is 1. The summed E-state index contributed by atoms with van der Waals surface area (Å²) in [6, 6.07) is 2.10. The Balaban J connectivity index is 1.89. The van der Waals surface area contributed by atoms with Crippen molar-refractivity contribution in [3.8, 4) is 0 Å². The number of aromatic nitrogens is 2. The Labute approximate surface area is 137 Å². The molecular weight excluding hydrogens is 441 g/mol. The smallest absolute Gasteiger partial charge is 0.266 e. The minimum atomic E-state index is 0.0359. The summed E-state index contributed by atoms with van der Waals surface area (Å²) in [4.78, 5) is 17.4. The Kier molecular flexibility index (Phi) is 5.55. The summed E-state index contributed by atoms with van der Waals surface area (Å²) in [5, 5.41) is 5.40. The van der Waals surface area contributed by atoms with Gasteiger partial charge in [-0.2, -0.15) is 0 Å². The van der Waals surface area contributed by atoms with Gasteiger partial charge in [0.2, 0.25) is 0 Å². The van der Waals surface area contributed by atoms with Gasteiger partial charge < -0.3 is 5.32 Å². The Morgan fingerprint density at radius 2 is 2.37 bits per heavy atom. The molecule has 0 aliphatic carbocycles. The van der Waals surface area contributed by atoms with Gasteiger partial charge in [0, 0.05) is 40.6 Å². The summed E-state index contributed by atoms with van der Waals surface area (Å²) in [5.74, 6) is 0.756. The zero-order valence-electron chi connectivity index (χ0n) is 10.3. The van der Waals surface area contributed by atoms with Crippen LogP contribution in [-0.2, 0) is 13.1 Å². The second-order valence-electron chi connectivity index (χ2n) is 4.02. The zero-order chi connectivity index (χ0) is 13.8. The summed E-state index contributed by atoms with van der Waals surface area (Å²) in [6.45, 7) is 4.06. The normalized spacial score (nSPS) is 10.9. The molecule has 0 aliphatic heterocycles. The molecule has 102 valence electrons. The van der Waals surface area contributed by atoms with Gasteiger partial charge in [0.25, 0.3) is 5.56 Å². The van der Waals surface area contributed by atoms with Crippen molar-refractivity contribution >= 4 is 49.9 Å². The van der Waals surface area contributed by atoms with Crippen molar-refractivity contribution in [1.29, 1.82) is 0 Å². The number of nitrogens with zero attached hydrogens (tertiary/aromatic N) is 2. The Morgan fingerprint density at radius 3 is 3.05 bits per heavy atom. The molecule has 0 aromatic carbocycles. The summed E-state index contributed by atoms with van der Waals surface area (Å²) >= 11 is 7.17. The maximum Gasteiger partial charge on any atom is 0.266 e. The Morgan fingerprint density at radius 1 is 1.58 bits per heavy atom. The molecule has 2 rings (SSSR count). The van der Waals surface area contributed by atoms with Crippen LogP contribution in [0.1, 0.15) is 10.7 Å². The second kappa shape index (κ2) is 6.96. The van der Waals surface area contributed by atoms with E-state index in [1.165, 1.54) is 4.88 Å². The van der Waals surface area contributed by atoms with Crippen molar-refractivity contribution in [3.63, 3.8) is 0 Å². The van der Waals surface area contributed by atoms with Gasteiger partial charge in [-0.15, -0.1) is 11.3 Å². The average molecular weight is 454 g/mol. The summed E-state index contributed by atoms with van der Waals surface area (Å²) < 4.78 is 3.48. The van der Waals surface area contributed by atoms with Crippen LogP contribution in [0.3, 0.4) is 0 Å². The number of rotatable bonds is 5. The van der Waals surface area contributed by atoms with Crippen LogP contribution in [0.4, 0.5) is 0 Å². The largest absolute Gasteiger partial charge is 0.310 e. The fourth-order valence-corrected chi connectivity index (χ4v) is 3.51. The first kappa shape index (κ1) is 15.1. The molecule has 0 atom stereocenters.